The molecule has 68 valence electrons. The summed E-state index contributed by atoms with van der Waals surface area (Å²) >= 11 is 5.02. The molecule has 2 N–H and O–H groups in total. The predicted molar refractivity (Wildman–Crippen MR) is 58.7 cm³/mol. The smallest absolute Gasteiger partial charge is 0.0762 e. The van der Waals surface area contributed by atoms with Crippen molar-refractivity contribution in [1.82, 2.24) is 0 Å². The zero-order chi connectivity index (χ0) is 9.26. The van der Waals surface area contributed by atoms with Crippen LogP contribution in [0.5, 0.6) is 0 Å². The fraction of sp³-hybridized carbons (Fsp3) is 0.364. The molecule has 1 aromatic carbocycles. The number of aryl methyl sites for hydroxylation is 1. The van der Waals surface area contributed by atoms with Crippen LogP contribution in [0, 0.1) is 5.92 Å². The van der Waals surface area contributed by atoms with E-state index in [0.29, 0.717) is 10.9 Å². The van der Waals surface area contributed by atoms with E-state index < -0.39 is 0 Å². The van der Waals surface area contributed by atoms with Crippen LogP contribution in [0.3, 0.4) is 0 Å². The summed E-state index contributed by atoms with van der Waals surface area (Å²) in [7, 11) is 0. The van der Waals surface area contributed by atoms with Gasteiger partial charge < -0.3 is 5.73 Å². The maximum Gasteiger partial charge on any atom is 0.0762 e. The van der Waals surface area contributed by atoms with Gasteiger partial charge >= 0.3 is 0 Å². The first-order chi connectivity index (χ1) is 6.27. The third-order valence-corrected chi connectivity index (χ3v) is 3.08. The lowest BCUT2D eigenvalue weighted by Gasteiger charge is -2.23. The molecule has 0 fully saturated rings. The van der Waals surface area contributed by atoms with Crippen molar-refractivity contribution < 1.29 is 0 Å². The lowest BCUT2D eigenvalue weighted by atomic mass is 9.84. The monoisotopic (exact) mass is 191 g/mol. The highest BCUT2D eigenvalue weighted by molar-refractivity contribution is 7.80. The van der Waals surface area contributed by atoms with Gasteiger partial charge in [-0.25, -0.2) is 0 Å². The van der Waals surface area contributed by atoms with Gasteiger partial charge in [0, 0.05) is 5.92 Å². The Balaban J connectivity index is 2.24. The average molecular weight is 191 g/mol. The number of hydrogen-bond donors (Lipinski definition) is 1. The number of benzene rings is 1. The molecule has 0 saturated heterocycles. The molecule has 1 unspecified atom stereocenters. The van der Waals surface area contributed by atoms with E-state index in [1.54, 1.807) is 0 Å². The Kier molecular flexibility index (Phi) is 2.32. The maximum atomic E-state index is 5.66. The van der Waals surface area contributed by atoms with Gasteiger partial charge in [-0.15, -0.1) is 0 Å². The summed E-state index contributed by atoms with van der Waals surface area (Å²) in [6.45, 7) is 0. The van der Waals surface area contributed by atoms with Crippen LogP contribution in [-0.2, 0) is 12.8 Å². The Morgan fingerprint density at radius 1 is 1.31 bits per heavy atom. The fourth-order valence-electron chi connectivity index (χ4n) is 1.94. The summed E-state index contributed by atoms with van der Waals surface area (Å²) in [6, 6.07) is 8.56. The predicted octanol–water partition coefficient (Wildman–Crippen LogP) is 2.08. The van der Waals surface area contributed by atoms with Crippen LogP contribution in [0.2, 0.25) is 0 Å². The first kappa shape index (κ1) is 8.70. The van der Waals surface area contributed by atoms with E-state index in [2.05, 4.69) is 24.3 Å². The summed E-state index contributed by atoms with van der Waals surface area (Å²) in [5.74, 6) is 0.421. The highest BCUT2D eigenvalue weighted by Gasteiger charge is 2.19. The minimum atomic E-state index is 0.421. The summed E-state index contributed by atoms with van der Waals surface area (Å²) < 4.78 is 0. The SMILES string of the molecule is NC(=S)C1CCc2ccccc2C1. The number of fused-ring (bicyclic) bond motifs is 1. The lowest BCUT2D eigenvalue weighted by Crippen LogP contribution is -2.26. The quantitative estimate of drug-likeness (QED) is 0.688. The van der Waals surface area contributed by atoms with E-state index in [9.17, 15) is 0 Å². The van der Waals surface area contributed by atoms with Gasteiger partial charge in [-0.1, -0.05) is 36.5 Å². The molecule has 0 aliphatic heterocycles. The molecule has 0 radical (unpaired) electrons. The van der Waals surface area contributed by atoms with Gasteiger partial charge in [0.25, 0.3) is 0 Å². The molecule has 0 amide bonds. The largest absolute Gasteiger partial charge is 0.393 e. The number of thiocarbonyl (C=S) groups is 1. The molecule has 13 heavy (non-hydrogen) atoms. The van der Waals surface area contributed by atoms with Gasteiger partial charge in [0.05, 0.1) is 4.99 Å². The second kappa shape index (κ2) is 3.46. The Bertz CT molecular complexity index is 333. The van der Waals surface area contributed by atoms with Crippen LogP contribution in [-0.4, -0.2) is 4.99 Å². The van der Waals surface area contributed by atoms with Gasteiger partial charge in [-0.05, 0) is 30.4 Å². The molecule has 1 aliphatic rings. The van der Waals surface area contributed by atoms with Crippen molar-refractivity contribution >= 4 is 17.2 Å². The van der Waals surface area contributed by atoms with Crippen LogP contribution in [0.1, 0.15) is 17.5 Å². The Hall–Kier alpha value is -0.890. The summed E-state index contributed by atoms with van der Waals surface area (Å²) in [4.78, 5) is 0.675. The van der Waals surface area contributed by atoms with E-state index in [0.717, 1.165) is 19.3 Å². The third-order valence-electron chi connectivity index (χ3n) is 2.75. The molecule has 0 spiro atoms. The van der Waals surface area contributed by atoms with Crippen LogP contribution >= 0.6 is 12.2 Å². The third kappa shape index (κ3) is 1.73. The van der Waals surface area contributed by atoms with Crippen LogP contribution in [0.25, 0.3) is 0 Å². The molecule has 1 aliphatic carbocycles. The highest BCUT2D eigenvalue weighted by Crippen LogP contribution is 2.25. The van der Waals surface area contributed by atoms with Crippen molar-refractivity contribution in [3.63, 3.8) is 0 Å². The van der Waals surface area contributed by atoms with Crippen molar-refractivity contribution in [2.24, 2.45) is 11.7 Å². The van der Waals surface area contributed by atoms with Crippen molar-refractivity contribution in [3.8, 4) is 0 Å². The molecule has 2 rings (SSSR count). The molecule has 1 nitrogen and oxygen atoms in total. The topological polar surface area (TPSA) is 26.0 Å². The molecule has 0 bridgehead atoms. The lowest BCUT2D eigenvalue weighted by molar-refractivity contribution is 0.586. The summed E-state index contributed by atoms with van der Waals surface area (Å²) in [6.07, 6.45) is 3.27. The zero-order valence-electron chi connectivity index (χ0n) is 7.49. The van der Waals surface area contributed by atoms with Crippen LogP contribution in [0.4, 0.5) is 0 Å². The van der Waals surface area contributed by atoms with Gasteiger partial charge in [0.2, 0.25) is 0 Å². The average Bonchev–Trinajstić information content (AvgIpc) is 2.17. The first-order valence-electron chi connectivity index (χ1n) is 4.63. The second-order valence-electron chi connectivity index (χ2n) is 3.61. The first-order valence-corrected chi connectivity index (χ1v) is 5.04. The number of rotatable bonds is 1. The van der Waals surface area contributed by atoms with Crippen LogP contribution in [0.15, 0.2) is 24.3 Å². The van der Waals surface area contributed by atoms with E-state index >= 15 is 0 Å². The standard InChI is InChI=1S/C11H13NS/c12-11(13)10-6-5-8-3-1-2-4-9(8)7-10/h1-4,10H,5-7H2,(H2,12,13). The second-order valence-corrected chi connectivity index (χ2v) is 4.08. The van der Waals surface area contributed by atoms with Crippen molar-refractivity contribution in [2.75, 3.05) is 0 Å². The molecule has 0 aromatic heterocycles. The van der Waals surface area contributed by atoms with E-state index in [1.807, 2.05) is 0 Å². The molecular weight excluding hydrogens is 178 g/mol. The molecule has 1 atom stereocenters. The maximum absolute atomic E-state index is 5.66. The highest BCUT2D eigenvalue weighted by atomic mass is 32.1. The normalized spacial score (nSPS) is 20.8. The van der Waals surface area contributed by atoms with Crippen molar-refractivity contribution in [2.45, 2.75) is 19.3 Å². The van der Waals surface area contributed by atoms with Gasteiger partial charge in [-0.2, -0.15) is 0 Å². The minimum absolute atomic E-state index is 0.421. The van der Waals surface area contributed by atoms with E-state index in [-0.39, 0.29) is 0 Å². The van der Waals surface area contributed by atoms with E-state index in [1.165, 1.54) is 11.1 Å². The summed E-state index contributed by atoms with van der Waals surface area (Å²) in [5.41, 5.74) is 8.55. The molecule has 1 aromatic rings. The molecular formula is C11H13NS. The summed E-state index contributed by atoms with van der Waals surface area (Å²) in [5, 5.41) is 0. The minimum Gasteiger partial charge on any atom is -0.393 e. The fourth-order valence-corrected chi connectivity index (χ4v) is 2.14. The zero-order valence-corrected chi connectivity index (χ0v) is 8.31. The number of nitrogens with two attached hydrogens (primary N) is 1. The van der Waals surface area contributed by atoms with Gasteiger partial charge in [0.15, 0.2) is 0 Å². The van der Waals surface area contributed by atoms with Crippen molar-refractivity contribution in [3.05, 3.63) is 35.4 Å². The van der Waals surface area contributed by atoms with Crippen LogP contribution < -0.4 is 5.73 Å². The number of hydrogen-bond acceptors (Lipinski definition) is 1. The van der Waals surface area contributed by atoms with Gasteiger partial charge in [0.1, 0.15) is 0 Å². The van der Waals surface area contributed by atoms with Gasteiger partial charge in [-0.3, -0.25) is 0 Å². The Morgan fingerprint density at radius 2 is 2.00 bits per heavy atom. The Labute approximate surface area is 83.9 Å². The Morgan fingerprint density at radius 3 is 2.69 bits per heavy atom. The molecule has 0 heterocycles. The molecule has 2 heteroatoms. The molecule has 0 saturated carbocycles. The van der Waals surface area contributed by atoms with Crippen molar-refractivity contribution in [1.29, 1.82) is 0 Å². The van der Waals surface area contributed by atoms with E-state index in [4.69, 9.17) is 18.0 Å².